The van der Waals surface area contributed by atoms with Gasteiger partial charge in [-0.2, -0.15) is 5.01 Å². The summed E-state index contributed by atoms with van der Waals surface area (Å²) in [6.45, 7) is -0.244. The van der Waals surface area contributed by atoms with Gasteiger partial charge in [-0.1, -0.05) is 53.6 Å². The Kier molecular flexibility index (Phi) is 7.44. The van der Waals surface area contributed by atoms with E-state index in [1.807, 2.05) is 18.2 Å². The Labute approximate surface area is 269 Å². The lowest BCUT2D eigenvalue weighted by molar-refractivity contribution is -0.140. The second-order valence-corrected chi connectivity index (χ2v) is 12.7. The summed E-state index contributed by atoms with van der Waals surface area (Å²) in [6, 6.07) is 19.4. The first kappa shape index (κ1) is 30.1. The third-order valence-corrected chi connectivity index (χ3v) is 10.3. The molecular formula is C35H31ClFN3O6. The number of likely N-dealkylation sites (tertiary alicyclic amines) is 1. The number of ether oxygens (including phenoxy) is 1. The Bertz CT molecular complexity index is 1780. The average Bonchev–Trinajstić information content (AvgIpc) is 3.41. The minimum Gasteiger partial charge on any atom is -0.491 e. The number of aliphatic hydroxyl groups excluding tert-OH is 1. The second-order valence-electron chi connectivity index (χ2n) is 12.2. The first-order valence-electron chi connectivity index (χ1n) is 15.2. The third-order valence-electron chi connectivity index (χ3n) is 10.1. The summed E-state index contributed by atoms with van der Waals surface area (Å²) >= 11 is 6.32. The van der Waals surface area contributed by atoms with Crippen LogP contribution >= 0.6 is 11.6 Å². The maximum atomic E-state index is 15.1. The van der Waals surface area contributed by atoms with Crippen LogP contribution in [0.5, 0.6) is 5.75 Å². The molecule has 0 unspecified atom stereocenters. The summed E-state index contributed by atoms with van der Waals surface area (Å²) in [5, 5.41) is 11.1. The molecule has 4 aliphatic rings. The number of aliphatic hydroxyl groups is 1. The molecule has 11 heteroatoms. The van der Waals surface area contributed by atoms with Crippen LogP contribution in [0.1, 0.15) is 29.9 Å². The second kappa shape index (κ2) is 11.4. The van der Waals surface area contributed by atoms with Gasteiger partial charge in [0.25, 0.3) is 11.8 Å². The number of carbonyl (C=O) groups is 4. The fraction of sp³-hybridized carbons (Fsp3) is 0.314. The number of carbonyl (C=O) groups excluding carboxylic acids is 4. The van der Waals surface area contributed by atoms with Gasteiger partial charge >= 0.3 is 0 Å². The molecule has 1 saturated carbocycles. The number of nitrogens with zero attached hydrogens (tertiary/aromatic N) is 2. The van der Waals surface area contributed by atoms with E-state index < -0.39 is 52.6 Å². The van der Waals surface area contributed by atoms with E-state index in [9.17, 15) is 23.9 Å². The van der Waals surface area contributed by atoms with E-state index in [2.05, 4.69) is 5.43 Å². The molecule has 0 spiro atoms. The zero-order valence-corrected chi connectivity index (χ0v) is 25.6. The Hall–Kier alpha value is -4.54. The molecule has 3 aromatic carbocycles. The molecule has 6 atom stereocenters. The van der Waals surface area contributed by atoms with Crippen molar-refractivity contribution in [1.82, 2.24) is 9.91 Å². The summed E-state index contributed by atoms with van der Waals surface area (Å²) in [5.74, 6) is -5.13. The van der Waals surface area contributed by atoms with E-state index >= 15 is 4.79 Å². The van der Waals surface area contributed by atoms with E-state index in [-0.39, 0.29) is 31.4 Å². The number of hydrogen-bond donors (Lipinski definition) is 2. The van der Waals surface area contributed by atoms with E-state index in [1.165, 1.54) is 36.2 Å². The highest BCUT2D eigenvalue weighted by Crippen LogP contribution is 2.64. The molecule has 0 aromatic heterocycles. The molecule has 4 amide bonds. The summed E-state index contributed by atoms with van der Waals surface area (Å²) in [6.07, 6.45) is 2.42. The number of halogens is 2. The molecular weight excluding hydrogens is 613 g/mol. The predicted molar refractivity (Wildman–Crippen MR) is 166 cm³/mol. The quantitative estimate of drug-likeness (QED) is 0.288. The zero-order chi connectivity index (χ0) is 32.3. The van der Waals surface area contributed by atoms with Crippen molar-refractivity contribution in [3.05, 3.63) is 106 Å². The van der Waals surface area contributed by atoms with Gasteiger partial charge in [-0.05, 0) is 66.8 Å². The van der Waals surface area contributed by atoms with Gasteiger partial charge in [-0.15, -0.1) is 0 Å². The van der Waals surface area contributed by atoms with Crippen LogP contribution < -0.4 is 10.2 Å². The first-order valence-corrected chi connectivity index (χ1v) is 15.6. The lowest BCUT2D eigenvalue weighted by Crippen LogP contribution is -2.53. The van der Waals surface area contributed by atoms with Gasteiger partial charge in [0.05, 0.1) is 35.5 Å². The van der Waals surface area contributed by atoms with Crippen LogP contribution in [0.25, 0.3) is 0 Å². The number of rotatable bonds is 7. The Balaban J connectivity index is 1.48. The lowest BCUT2D eigenvalue weighted by atomic mass is 9.49. The molecule has 0 radical (unpaired) electrons. The Morgan fingerprint density at radius 1 is 0.957 bits per heavy atom. The SMILES string of the molecule is CN1C(=O)[C@H]2[C@H](CC=C3[C@H]2C[C@H]2C(=O)N(Nc4ccc(F)cc4)C(=O)[C@@]2(c2ccc(Cl)cc2)[C@H]3c2ccccc2OCCO)C1=O. The number of anilines is 1. The number of fused-ring (bicyclic) bond motifs is 4. The number of para-hydroxylation sites is 1. The normalized spacial score (nSPS) is 28.5. The topological polar surface area (TPSA) is 116 Å². The van der Waals surface area contributed by atoms with E-state index in [0.29, 0.717) is 34.0 Å². The van der Waals surface area contributed by atoms with Gasteiger partial charge in [0.15, 0.2) is 0 Å². The van der Waals surface area contributed by atoms with Gasteiger partial charge in [0, 0.05) is 23.6 Å². The van der Waals surface area contributed by atoms with Crippen LogP contribution in [0.15, 0.2) is 84.4 Å². The van der Waals surface area contributed by atoms with Crippen LogP contribution in [0.2, 0.25) is 5.02 Å². The van der Waals surface area contributed by atoms with Crippen molar-refractivity contribution in [2.24, 2.45) is 23.7 Å². The van der Waals surface area contributed by atoms with E-state index in [4.69, 9.17) is 16.3 Å². The molecule has 46 heavy (non-hydrogen) atoms. The van der Waals surface area contributed by atoms with Crippen molar-refractivity contribution in [3.8, 4) is 5.75 Å². The highest BCUT2D eigenvalue weighted by Gasteiger charge is 2.70. The van der Waals surface area contributed by atoms with Crippen molar-refractivity contribution in [2.45, 2.75) is 24.2 Å². The average molecular weight is 644 g/mol. The fourth-order valence-electron chi connectivity index (χ4n) is 8.16. The molecule has 0 bridgehead atoms. The smallest absolute Gasteiger partial charge is 0.260 e. The van der Waals surface area contributed by atoms with Crippen molar-refractivity contribution in [3.63, 3.8) is 0 Å². The van der Waals surface area contributed by atoms with Crippen LogP contribution in [0, 0.1) is 29.5 Å². The van der Waals surface area contributed by atoms with E-state index in [1.54, 1.807) is 36.4 Å². The molecule has 7 rings (SSSR count). The number of amides is 4. The van der Waals surface area contributed by atoms with Crippen molar-refractivity contribution in [2.75, 3.05) is 25.7 Å². The molecule has 2 aliphatic heterocycles. The summed E-state index contributed by atoms with van der Waals surface area (Å²) < 4.78 is 19.8. The Morgan fingerprint density at radius 2 is 1.67 bits per heavy atom. The lowest BCUT2D eigenvalue weighted by Gasteiger charge is -2.50. The van der Waals surface area contributed by atoms with Crippen molar-refractivity contribution in [1.29, 1.82) is 0 Å². The standard InChI is InChI=1S/C35H31ClFN3O6/c1-39-31(42)25-15-14-23-26(29(25)33(39)44)18-27-32(43)40(38-22-12-10-21(37)11-13-22)34(45)35(27,19-6-8-20(36)9-7-19)30(23)24-4-2-3-5-28(24)46-17-16-41/h2-14,25-27,29-30,38,41H,15-18H2,1H3/t25-,26+,27-,29-,30+,35+/m0/s1. The van der Waals surface area contributed by atoms with Crippen LogP contribution in [0.3, 0.4) is 0 Å². The highest BCUT2D eigenvalue weighted by atomic mass is 35.5. The molecule has 2 N–H and O–H groups in total. The molecule has 2 aliphatic carbocycles. The van der Waals surface area contributed by atoms with Gasteiger partial charge in [0.2, 0.25) is 11.8 Å². The summed E-state index contributed by atoms with van der Waals surface area (Å²) in [5.41, 5.74) is 3.71. The minimum atomic E-state index is -1.51. The molecule has 9 nitrogen and oxygen atoms in total. The predicted octanol–water partition coefficient (Wildman–Crippen LogP) is 4.46. The number of hydrogen-bond acceptors (Lipinski definition) is 7. The summed E-state index contributed by atoms with van der Waals surface area (Å²) in [4.78, 5) is 57.6. The first-order chi connectivity index (χ1) is 22.2. The number of allylic oxidation sites excluding steroid dienone is 2. The van der Waals surface area contributed by atoms with Gasteiger partial charge in [-0.3, -0.25) is 29.5 Å². The largest absolute Gasteiger partial charge is 0.491 e. The van der Waals surface area contributed by atoms with Crippen LogP contribution in [-0.4, -0.2) is 58.9 Å². The number of hydrazine groups is 1. The third kappa shape index (κ3) is 4.38. The molecule has 3 aromatic rings. The zero-order valence-electron chi connectivity index (χ0n) is 24.9. The molecule has 3 fully saturated rings. The monoisotopic (exact) mass is 643 g/mol. The van der Waals surface area contributed by atoms with Crippen LogP contribution in [-0.2, 0) is 24.6 Å². The molecule has 236 valence electrons. The van der Waals surface area contributed by atoms with E-state index in [0.717, 1.165) is 10.6 Å². The van der Waals surface area contributed by atoms with Crippen molar-refractivity contribution < 1.29 is 33.4 Å². The van der Waals surface area contributed by atoms with Crippen molar-refractivity contribution >= 4 is 40.9 Å². The molecule has 2 saturated heterocycles. The van der Waals surface area contributed by atoms with Gasteiger partial charge < -0.3 is 9.84 Å². The number of imide groups is 2. The summed E-state index contributed by atoms with van der Waals surface area (Å²) in [7, 11) is 1.48. The minimum absolute atomic E-state index is 0.00279. The fourth-order valence-corrected chi connectivity index (χ4v) is 8.29. The maximum absolute atomic E-state index is 15.1. The molecule has 2 heterocycles. The highest BCUT2D eigenvalue weighted by molar-refractivity contribution is 6.30. The van der Waals surface area contributed by atoms with Gasteiger partial charge in [0.1, 0.15) is 18.2 Å². The number of benzene rings is 3. The Morgan fingerprint density at radius 3 is 2.39 bits per heavy atom. The van der Waals surface area contributed by atoms with Crippen LogP contribution in [0.4, 0.5) is 10.1 Å². The number of nitrogens with one attached hydrogen (secondary N) is 1. The van der Waals surface area contributed by atoms with Gasteiger partial charge in [-0.25, -0.2) is 4.39 Å². The maximum Gasteiger partial charge on any atom is 0.260 e.